The summed E-state index contributed by atoms with van der Waals surface area (Å²) in [4.78, 5) is 0. The van der Waals surface area contributed by atoms with Gasteiger partial charge in [0.2, 0.25) is 0 Å². The molecule has 78 valence electrons. The third-order valence-corrected chi connectivity index (χ3v) is 2.13. The van der Waals surface area contributed by atoms with Crippen LogP contribution in [0.15, 0.2) is 12.1 Å². The van der Waals surface area contributed by atoms with Crippen LogP contribution >= 0.6 is 0 Å². The summed E-state index contributed by atoms with van der Waals surface area (Å²) in [6.07, 6.45) is -4.31. The lowest BCUT2D eigenvalue weighted by atomic mass is 9.98. The van der Waals surface area contributed by atoms with Crippen molar-refractivity contribution in [1.29, 1.82) is 0 Å². The molecule has 2 N–H and O–H groups in total. The number of hydrogen-bond donors (Lipinski definition) is 1. The number of benzene rings is 1. The average Bonchev–Trinajstić information content (AvgIpc) is 2.01. The number of halogens is 3. The molecule has 1 aromatic carbocycles. The summed E-state index contributed by atoms with van der Waals surface area (Å²) in [6.45, 7) is 3.20. The van der Waals surface area contributed by atoms with Gasteiger partial charge in [-0.1, -0.05) is 11.6 Å². The summed E-state index contributed by atoms with van der Waals surface area (Å²) >= 11 is 0. The first-order valence-corrected chi connectivity index (χ1v) is 4.23. The van der Waals surface area contributed by atoms with Gasteiger partial charge < -0.3 is 5.73 Å². The van der Waals surface area contributed by atoms with Crippen LogP contribution in [0.4, 0.5) is 13.2 Å². The summed E-state index contributed by atoms with van der Waals surface area (Å²) < 4.78 is 37.6. The Bertz CT molecular complexity index is 342. The van der Waals surface area contributed by atoms with E-state index in [4.69, 9.17) is 5.73 Å². The lowest BCUT2D eigenvalue weighted by Crippen LogP contribution is -2.13. The van der Waals surface area contributed by atoms with Gasteiger partial charge in [0.1, 0.15) is 0 Å². The summed E-state index contributed by atoms with van der Waals surface area (Å²) in [5, 5.41) is 0. The SMILES string of the molecule is Cc1cc(C)c(CN)c(C(F)(F)F)c1. The molecule has 0 saturated carbocycles. The summed E-state index contributed by atoms with van der Waals surface area (Å²) in [5.74, 6) is 0. The summed E-state index contributed by atoms with van der Waals surface area (Å²) in [5.41, 5.74) is 6.07. The highest BCUT2D eigenvalue weighted by molar-refractivity contribution is 5.39. The van der Waals surface area contributed by atoms with Crippen LogP contribution in [0.25, 0.3) is 0 Å². The minimum atomic E-state index is -4.31. The van der Waals surface area contributed by atoms with Crippen molar-refractivity contribution in [2.45, 2.75) is 26.6 Å². The Balaban J connectivity index is 3.40. The van der Waals surface area contributed by atoms with E-state index in [0.29, 0.717) is 11.1 Å². The predicted octanol–water partition coefficient (Wildman–Crippen LogP) is 2.78. The van der Waals surface area contributed by atoms with Crippen LogP contribution in [0.5, 0.6) is 0 Å². The van der Waals surface area contributed by atoms with E-state index >= 15 is 0 Å². The van der Waals surface area contributed by atoms with E-state index in [1.54, 1.807) is 19.9 Å². The van der Waals surface area contributed by atoms with Crippen molar-refractivity contribution in [3.63, 3.8) is 0 Å². The van der Waals surface area contributed by atoms with Gasteiger partial charge in [-0.25, -0.2) is 0 Å². The monoisotopic (exact) mass is 203 g/mol. The first-order valence-electron chi connectivity index (χ1n) is 4.23. The Kier molecular flexibility index (Phi) is 2.85. The van der Waals surface area contributed by atoms with Crippen molar-refractivity contribution >= 4 is 0 Å². The van der Waals surface area contributed by atoms with Crippen molar-refractivity contribution < 1.29 is 13.2 Å². The van der Waals surface area contributed by atoms with Crippen LogP contribution in [-0.4, -0.2) is 0 Å². The third-order valence-electron chi connectivity index (χ3n) is 2.13. The number of alkyl halides is 3. The fourth-order valence-corrected chi connectivity index (χ4v) is 1.52. The summed E-state index contributed by atoms with van der Waals surface area (Å²) in [6, 6.07) is 2.84. The quantitative estimate of drug-likeness (QED) is 0.746. The Morgan fingerprint density at radius 3 is 2.21 bits per heavy atom. The molecular weight excluding hydrogens is 191 g/mol. The smallest absolute Gasteiger partial charge is 0.326 e. The highest BCUT2D eigenvalue weighted by atomic mass is 19.4. The number of aryl methyl sites for hydroxylation is 2. The standard InChI is InChI=1S/C10H12F3N/c1-6-3-7(2)8(5-14)9(4-6)10(11,12)13/h3-4H,5,14H2,1-2H3. The van der Waals surface area contributed by atoms with Gasteiger partial charge in [0.25, 0.3) is 0 Å². The van der Waals surface area contributed by atoms with Crippen molar-refractivity contribution in [2.75, 3.05) is 0 Å². The zero-order valence-electron chi connectivity index (χ0n) is 8.07. The first-order chi connectivity index (χ1) is 6.36. The maximum absolute atomic E-state index is 12.5. The number of rotatable bonds is 1. The first kappa shape index (κ1) is 11.0. The zero-order chi connectivity index (χ0) is 10.9. The molecule has 0 saturated heterocycles. The zero-order valence-corrected chi connectivity index (χ0v) is 8.07. The van der Waals surface area contributed by atoms with E-state index in [1.165, 1.54) is 0 Å². The van der Waals surface area contributed by atoms with Crippen molar-refractivity contribution in [1.82, 2.24) is 0 Å². The molecule has 0 spiro atoms. The van der Waals surface area contributed by atoms with Crippen LogP contribution in [0.3, 0.4) is 0 Å². The molecule has 0 aromatic heterocycles. The normalized spacial score (nSPS) is 11.9. The Morgan fingerprint density at radius 1 is 1.21 bits per heavy atom. The van der Waals surface area contributed by atoms with Gasteiger partial charge in [-0.3, -0.25) is 0 Å². The minimum absolute atomic E-state index is 0.0824. The van der Waals surface area contributed by atoms with E-state index < -0.39 is 11.7 Å². The van der Waals surface area contributed by atoms with Crippen LogP contribution in [0, 0.1) is 13.8 Å². The van der Waals surface area contributed by atoms with E-state index in [9.17, 15) is 13.2 Å². The van der Waals surface area contributed by atoms with Gasteiger partial charge in [0, 0.05) is 6.54 Å². The molecule has 0 aliphatic heterocycles. The topological polar surface area (TPSA) is 26.0 Å². The second-order valence-electron chi connectivity index (χ2n) is 3.31. The van der Waals surface area contributed by atoms with E-state index in [2.05, 4.69) is 0 Å². The molecule has 0 atom stereocenters. The number of hydrogen-bond acceptors (Lipinski definition) is 1. The Morgan fingerprint density at radius 2 is 1.79 bits per heavy atom. The highest BCUT2D eigenvalue weighted by Gasteiger charge is 2.33. The molecule has 1 aromatic rings. The van der Waals surface area contributed by atoms with Crippen LogP contribution in [-0.2, 0) is 12.7 Å². The fourth-order valence-electron chi connectivity index (χ4n) is 1.52. The Labute approximate surface area is 80.7 Å². The van der Waals surface area contributed by atoms with Gasteiger partial charge in [-0.2, -0.15) is 13.2 Å². The average molecular weight is 203 g/mol. The molecule has 0 aliphatic carbocycles. The summed E-state index contributed by atoms with van der Waals surface area (Å²) in [7, 11) is 0. The lowest BCUT2D eigenvalue weighted by molar-refractivity contribution is -0.138. The third kappa shape index (κ3) is 2.07. The van der Waals surface area contributed by atoms with Gasteiger partial charge in [0.05, 0.1) is 5.56 Å². The largest absolute Gasteiger partial charge is 0.416 e. The van der Waals surface area contributed by atoms with E-state index in [1.807, 2.05) is 0 Å². The fraction of sp³-hybridized carbons (Fsp3) is 0.400. The van der Waals surface area contributed by atoms with Gasteiger partial charge in [-0.15, -0.1) is 0 Å². The molecule has 0 heterocycles. The molecule has 1 rings (SSSR count). The maximum Gasteiger partial charge on any atom is 0.416 e. The molecule has 0 aliphatic rings. The van der Waals surface area contributed by atoms with Crippen molar-refractivity contribution in [2.24, 2.45) is 5.73 Å². The second-order valence-corrected chi connectivity index (χ2v) is 3.31. The van der Waals surface area contributed by atoms with E-state index in [0.717, 1.165) is 6.07 Å². The van der Waals surface area contributed by atoms with Crippen molar-refractivity contribution in [3.8, 4) is 0 Å². The molecule has 0 bridgehead atoms. The Hall–Kier alpha value is -1.03. The minimum Gasteiger partial charge on any atom is -0.326 e. The van der Waals surface area contributed by atoms with Gasteiger partial charge >= 0.3 is 6.18 Å². The molecule has 0 fully saturated rings. The predicted molar refractivity (Wildman–Crippen MR) is 48.8 cm³/mol. The molecule has 4 heteroatoms. The molecular formula is C10H12F3N. The second kappa shape index (κ2) is 3.61. The lowest BCUT2D eigenvalue weighted by Gasteiger charge is -2.14. The van der Waals surface area contributed by atoms with Gasteiger partial charge in [-0.05, 0) is 31.0 Å². The van der Waals surface area contributed by atoms with Crippen LogP contribution in [0.1, 0.15) is 22.3 Å². The maximum atomic E-state index is 12.5. The van der Waals surface area contributed by atoms with Crippen LogP contribution in [0.2, 0.25) is 0 Å². The van der Waals surface area contributed by atoms with E-state index in [-0.39, 0.29) is 12.1 Å². The number of nitrogens with two attached hydrogens (primary N) is 1. The molecule has 0 unspecified atom stereocenters. The molecule has 0 amide bonds. The molecule has 1 nitrogen and oxygen atoms in total. The molecule has 0 radical (unpaired) electrons. The van der Waals surface area contributed by atoms with Gasteiger partial charge in [0.15, 0.2) is 0 Å². The van der Waals surface area contributed by atoms with Crippen LogP contribution < -0.4 is 5.73 Å². The highest BCUT2D eigenvalue weighted by Crippen LogP contribution is 2.33. The van der Waals surface area contributed by atoms with Crippen molar-refractivity contribution in [3.05, 3.63) is 34.4 Å². The molecule has 14 heavy (non-hydrogen) atoms.